The molecular weight excluding hydrogens is 274 g/mol. The minimum atomic E-state index is -3.69. The molecule has 0 aromatic heterocycles. The number of amides is 1. The first-order chi connectivity index (χ1) is 9.50. The fraction of sp³-hybridized carbons (Fsp3) is 0.533. The molecule has 1 aromatic carbocycles. The number of carbonyl (C=O) groups excluding carboxylic acids is 1. The lowest BCUT2D eigenvalue weighted by atomic mass is 9.85. The van der Waals surface area contributed by atoms with Gasteiger partial charge in [-0.1, -0.05) is 30.5 Å². The van der Waals surface area contributed by atoms with Crippen LogP contribution in [0, 0.1) is 12.8 Å². The number of hydrogen-bond donors (Lipinski definition) is 0. The van der Waals surface area contributed by atoms with Gasteiger partial charge in [-0.25, -0.2) is 12.7 Å². The van der Waals surface area contributed by atoms with Gasteiger partial charge < -0.3 is 0 Å². The molecule has 0 spiro atoms. The van der Waals surface area contributed by atoms with Crippen molar-refractivity contribution in [3.05, 3.63) is 29.8 Å². The van der Waals surface area contributed by atoms with Crippen LogP contribution in [-0.4, -0.2) is 24.7 Å². The lowest BCUT2D eigenvalue weighted by Gasteiger charge is -2.30. The lowest BCUT2D eigenvalue weighted by molar-refractivity contribution is -0.124. The molecular formula is C15H19NO3S. The van der Waals surface area contributed by atoms with Gasteiger partial charge in [0.25, 0.3) is 10.0 Å². The molecule has 2 atom stereocenters. The van der Waals surface area contributed by atoms with E-state index in [2.05, 4.69) is 0 Å². The van der Waals surface area contributed by atoms with E-state index in [0.29, 0.717) is 6.42 Å². The summed E-state index contributed by atoms with van der Waals surface area (Å²) in [5.74, 6) is -0.0149. The maximum Gasteiger partial charge on any atom is 0.266 e. The predicted octanol–water partition coefficient (Wildman–Crippen LogP) is 2.47. The molecule has 2 fully saturated rings. The Bertz CT molecular complexity index is 621. The highest BCUT2D eigenvalue weighted by molar-refractivity contribution is 7.89. The summed E-state index contributed by atoms with van der Waals surface area (Å²) in [5, 5.41) is 0. The largest absolute Gasteiger partial charge is 0.274 e. The van der Waals surface area contributed by atoms with Crippen LogP contribution in [0.25, 0.3) is 0 Å². The topological polar surface area (TPSA) is 54.5 Å². The highest BCUT2D eigenvalue weighted by atomic mass is 32.2. The Labute approximate surface area is 119 Å². The van der Waals surface area contributed by atoms with Gasteiger partial charge in [0.15, 0.2) is 0 Å². The van der Waals surface area contributed by atoms with Crippen molar-refractivity contribution in [3.8, 4) is 0 Å². The summed E-state index contributed by atoms with van der Waals surface area (Å²) in [5.41, 5.74) is 1.01. The van der Waals surface area contributed by atoms with Crippen LogP contribution in [0.2, 0.25) is 0 Å². The summed E-state index contributed by atoms with van der Waals surface area (Å²) >= 11 is 0. The summed E-state index contributed by atoms with van der Waals surface area (Å²) in [6, 6.07) is 6.60. The van der Waals surface area contributed by atoms with Crippen molar-refractivity contribution < 1.29 is 13.2 Å². The van der Waals surface area contributed by atoms with Crippen LogP contribution in [0.4, 0.5) is 0 Å². The van der Waals surface area contributed by atoms with Gasteiger partial charge in [0.1, 0.15) is 0 Å². The number of hydrogen-bond acceptors (Lipinski definition) is 3. The van der Waals surface area contributed by atoms with Gasteiger partial charge in [-0.15, -0.1) is 0 Å². The Morgan fingerprint density at radius 1 is 1.10 bits per heavy atom. The van der Waals surface area contributed by atoms with Crippen LogP contribution in [0.1, 0.15) is 37.7 Å². The number of carbonyl (C=O) groups is 1. The number of aryl methyl sites for hydroxylation is 1. The Morgan fingerprint density at radius 3 is 2.45 bits per heavy atom. The molecule has 1 saturated carbocycles. The fourth-order valence-electron chi connectivity index (χ4n) is 3.37. The Balaban J connectivity index is 1.98. The molecule has 1 aliphatic carbocycles. The van der Waals surface area contributed by atoms with Crippen molar-refractivity contribution in [3.63, 3.8) is 0 Å². The predicted molar refractivity (Wildman–Crippen MR) is 75.6 cm³/mol. The van der Waals surface area contributed by atoms with Crippen molar-refractivity contribution in [2.24, 2.45) is 5.92 Å². The van der Waals surface area contributed by atoms with Crippen LogP contribution in [-0.2, 0) is 14.8 Å². The van der Waals surface area contributed by atoms with E-state index in [0.717, 1.165) is 31.2 Å². The quantitative estimate of drug-likeness (QED) is 0.841. The highest BCUT2D eigenvalue weighted by Crippen LogP contribution is 2.39. The van der Waals surface area contributed by atoms with E-state index in [4.69, 9.17) is 0 Å². The van der Waals surface area contributed by atoms with Crippen LogP contribution < -0.4 is 0 Å². The van der Waals surface area contributed by atoms with Gasteiger partial charge in [0, 0.05) is 6.42 Å². The second kappa shape index (κ2) is 4.88. The zero-order valence-electron chi connectivity index (χ0n) is 11.6. The van der Waals surface area contributed by atoms with E-state index in [9.17, 15) is 13.2 Å². The summed E-state index contributed by atoms with van der Waals surface area (Å²) in [4.78, 5) is 12.4. The normalized spacial score (nSPS) is 26.6. The summed E-state index contributed by atoms with van der Waals surface area (Å²) in [6.07, 6.45) is 4.27. The van der Waals surface area contributed by atoms with Crippen molar-refractivity contribution >= 4 is 15.9 Å². The van der Waals surface area contributed by atoms with Crippen LogP contribution >= 0.6 is 0 Å². The first-order valence-corrected chi connectivity index (χ1v) is 8.58. The molecule has 0 unspecified atom stereocenters. The number of benzene rings is 1. The first-order valence-electron chi connectivity index (χ1n) is 7.14. The average Bonchev–Trinajstić information content (AvgIpc) is 2.75. The van der Waals surface area contributed by atoms with E-state index in [-0.39, 0.29) is 22.8 Å². The fourth-order valence-corrected chi connectivity index (χ4v) is 5.05. The molecule has 2 aliphatic rings. The zero-order chi connectivity index (χ0) is 14.3. The SMILES string of the molecule is Cc1ccc(S(=O)(=O)N2C(=O)C[C@H]3CCCC[C@@H]32)cc1. The van der Waals surface area contributed by atoms with Crippen LogP contribution in [0.3, 0.4) is 0 Å². The molecule has 1 heterocycles. The lowest BCUT2D eigenvalue weighted by Crippen LogP contribution is -2.41. The van der Waals surface area contributed by atoms with Gasteiger partial charge >= 0.3 is 0 Å². The van der Waals surface area contributed by atoms with E-state index < -0.39 is 10.0 Å². The number of rotatable bonds is 2. The molecule has 3 rings (SSSR count). The van der Waals surface area contributed by atoms with Gasteiger partial charge in [-0.05, 0) is 37.8 Å². The minimum Gasteiger partial charge on any atom is -0.274 e. The molecule has 1 amide bonds. The molecule has 5 heteroatoms. The summed E-state index contributed by atoms with van der Waals surface area (Å²) in [6.45, 7) is 1.91. The zero-order valence-corrected chi connectivity index (χ0v) is 12.4. The molecule has 1 aliphatic heterocycles. The third-order valence-corrected chi connectivity index (χ3v) is 6.29. The third kappa shape index (κ3) is 2.14. The van der Waals surface area contributed by atoms with Crippen molar-refractivity contribution in [2.75, 3.05) is 0 Å². The van der Waals surface area contributed by atoms with Crippen molar-refractivity contribution in [1.82, 2.24) is 4.31 Å². The number of nitrogens with zero attached hydrogens (tertiary/aromatic N) is 1. The Kier molecular flexibility index (Phi) is 3.32. The van der Waals surface area contributed by atoms with Gasteiger partial charge in [-0.3, -0.25) is 4.79 Å². The summed E-state index contributed by atoms with van der Waals surface area (Å²) in [7, 11) is -3.69. The number of fused-ring (bicyclic) bond motifs is 1. The molecule has 4 nitrogen and oxygen atoms in total. The second-order valence-electron chi connectivity index (χ2n) is 5.82. The van der Waals surface area contributed by atoms with E-state index in [1.54, 1.807) is 24.3 Å². The molecule has 0 N–H and O–H groups in total. The minimum absolute atomic E-state index is 0.123. The second-order valence-corrected chi connectivity index (χ2v) is 7.64. The molecule has 0 radical (unpaired) electrons. The smallest absolute Gasteiger partial charge is 0.266 e. The van der Waals surface area contributed by atoms with Crippen LogP contribution in [0.15, 0.2) is 29.2 Å². The Hall–Kier alpha value is -1.36. The number of sulfonamides is 1. The molecule has 108 valence electrons. The van der Waals surface area contributed by atoms with Gasteiger partial charge in [-0.2, -0.15) is 0 Å². The monoisotopic (exact) mass is 293 g/mol. The maximum atomic E-state index is 12.7. The van der Waals surface area contributed by atoms with Gasteiger partial charge in [0.05, 0.1) is 10.9 Å². The molecule has 1 aromatic rings. The highest BCUT2D eigenvalue weighted by Gasteiger charge is 2.46. The average molecular weight is 293 g/mol. The van der Waals surface area contributed by atoms with Crippen LogP contribution in [0.5, 0.6) is 0 Å². The standard InChI is InChI=1S/C15H19NO3S/c1-11-6-8-13(9-7-11)20(18,19)16-14-5-3-2-4-12(14)10-15(16)17/h6-9,12,14H,2-5,10H2,1H3/t12-,14+/m1/s1. The van der Waals surface area contributed by atoms with Gasteiger partial charge in [0.2, 0.25) is 5.91 Å². The summed E-state index contributed by atoms with van der Waals surface area (Å²) < 4.78 is 26.6. The first kappa shape index (κ1) is 13.6. The molecule has 0 bridgehead atoms. The molecule has 20 heavy (non-hydrogen) atoms. The van der Waals surface area contributed by atoms with E-state index in [1.165, 1.54) is 4.31 Å². The molecule has 1 saturated heterocycles. The van der Waals surface area contributed by atoms with Crippen molar-refractivity contribution in [2.45, 2.75) is 50.0 Å². The Morgan fingerprint density at radius 2 is 1.75 bits per heavy atom. The maximum absolute atomic E-state index is 12.7. The van der Waals surface area contributed by atoms with E-state index in [1.807, 2.05) is 6.92 Å². The third-order valence-electron chi connectivity index (χ3n) is 4.43. The van der Waals surface area contributed by atoms with Crippen molar-refractivity contribution in [1.29, 1.82) is 0 Å². The van der Waals surface area contributed by atoms with E-state index >= 15 is 0 Å².